The van der Waals surface area contributed by atoms with Crippen LogP contribution in [0.2, 0.25) is 10.0 Å². The zero-order chi connectivity index (χ0) is 17.7. The summed E-state index contributed by atoms with van der Waals surface area (Å²) in [6, 6.07) is 3.72. The summed E-state index contributed by atoms with van der Waals surface area (Å²) in [6.07, 6.45) is 3.85. The van der Waals surface area contributed by atoms with Crippen LogP contribution in [0.15, 0.2) is 24.5 Å². The molecule has 0 unspecified atom stereocenters. The second-order valence-corrected chi connectivity index (χ2v) is 6.60. The Kier molecular flexibility index (Phi) is 6.78. The van der Waals surface area contributed by atoms with Gasteiger partial charge in [0.25, 0.3) is 0 Å². The Balaban J connectivity index is 1.99. The van der Waals surface area contributed by atoms with Crippen LogP contribution in [-0.2, 0) is 6.54 Å². The number of likely N-dealkylation sites (N-methyl/N-ethyl adjacent to an activating group) is 1. The number of hydrogen-bond donors (Lipinski definition) is 2. The van der Waals surface area contributed by atoms with E-state index in [9.17, 15) is 0 Å². The van der Waals surface area contributed by atoms with Gasteiger partial charge in [-0.1, -0.05) is 37.0 Å². The molecule has 0 aliphatic rings. The number of nitrogens with two attached hydrogens (primary N) is 1. The van der Waals surface area contributed by atoms with E-state index in [0.29, 0.717) is 15.7 Å². The fourth-order valence-electron chi connectivity index (χ4n) is 2.53. The van der Waals surface area contributed by atoms with E-state index in [1.165, 1.54) is 0 Å². The third-order valence-electron chi connectivity index (χ3n) is 4.16. The van der Waals surface area contributed by atoms with Crippen molar-refractivity contribution in [1.29, 1.82) is 0 Å². The third-order valence-corrected chi connectivity index (χ3v) is 4.78. The molecule has 3 N–H and O–H groups in total. The second-order valence-electron chi connectivity index (χ2n) is 5.78. The Labute approximate surface area is 153 Å². The van der Waals surface area contributed by atoms with Gasteiger partial charge < -0.3 is 16.0 Å². The van der Waals surface area contributed by atoms with Crippen LogP contribution in [0.3, 0.4) is 0 Å². The van der Waals surface area contributed by atoms with Gasteiger partial charge in [0.1, 0.15) is 0 Å². The van der Waals surface area contributed by atoms with Gasteiger partial charge in [-0.3, -0.25) is 4.68 Å². The maximum atomic E-state index is 6.11. The van der Waals surface area contributed by atoms with Gasteiger partial charge in [0.15, 0.2) is 0 Å². The highest BCUT2D eigenvalue weighted by Crippen LogP contribution is 2.32. The minimum atomic E-state index is 0.0426. The smallest absolute Gasteiger partial charge is 0.0731 e. The summed E-state index contributed by atoms with van der Waals surface area (Å²) in [6.45, 7) is 10.4. The van der Waals surface area contributed by atoms with Gasteiger partial charge >= 0.3 is 0 Å². The fraction of sp³-hybridized carbons (Fsp3) is 0.471. The topological polar surface area (TPSA) is 59.1 Å². The molecule has 0 aliphatic heterocycles. The van der Waals surface area contributed by atoms with E-state index >= 15 is 0 Å². The van der Waals surface area contributed by atoms with Crippen molar-refractivity contribution in [3.8, 4) is 0 Å². The maximum absolute atomic E-state index is 6.11. The molecule has 1 heterocycles. The van der Waals surface area contributed by atoms with E-state index in [1.807, 2.05) is 36.1 Å². The first-order valence-corrected chi connectivity index (χ1v) is 8.95. The van der Waals surface area contributed by atoms with Crippen molar-refractivity contribution < 1.29 is 0 Å². The fourth-order valence-corrected chi connectivity index (χ4v) is 3.04. The van der Waals surface area contributed by atoms with Crippen molar-refractivity contribution in [3.05, 3.63) is 40.1 Å². The van der Waals surface area contributed by atoms with Crippen molar-refractivity contribution in [3.63, 3.8) is 0 Å². The molecule has 2 rings (SSSR count). The molecule has 2 aromatic rings. The summed E-state index contributed by atoms with van der Waals surface area (Å²) >= 11 is 12.2. The van der Waals surface area contributed by atoms with Gasteiger partial charge in [0.2, 0.25) is 0 Å². The third kappa shape index (κ3) is 4.79. The Morgan fingerprint density at radius 2 is 1.88 bits per heavy atom. The van der Waals surface area contributed by atoms with Crippen molar-refractivity contribution in [2.24, 2.45) is 0 Å². The van der Waals surface area contributed by atoms with Crippen LogP contribution < -0.4 is 11.1 Å². The van der Waals surface area contributed by atoms with Crippen LogP contribution >= 0.6 is 23.2 Å². The molecular weight excluding hydrogens is 345 g/mol. The average molecular weight is 370 g/mol. The molecule has 1 aromatic carbocycles. The van der Waals surface area contributed by atoms with Crippen molar-refractivity contribution in [2.75, 3.05) is 30.7 Å². The minimum Gasteiger partial charge on any atom is -0.396 e. The molecule has 0 amide bonds. The van der Waals surface area contributed by atoms with Gasteiger partial charge in [-0.25, -0.2) is 0 Å². The zero-order valence-corrected chi connectivity index (χ0v) is 15.9. The van der Waals surface area contributed by atoms with Crippen molar-refractivity contribution >= 4 is 34.6 Å². The van der Waals surface area contributed by atoms with Crippen molar-refractivity contribution in [1.82, 2.24) is 14.7 Å². The molecule has 1 atom stereocenters. The monoisotopic (exact) mass is 369 g/mol. The Hall–Kier alpha value is -1.43. The summed E-state index contributed by atoms with van der Waals surface area (Å²) in [5.74, 6) is 0. The van der Waals surface area contributed by atoms with Gasteiger partial charge in [-0.05, 0) is 37.7 Å². The first-order chi connectivity index (χ1) is 11.4. The van der Waals surface area contributed by atoms with Gasteiger partial charge in [0, 0.05) is 18.8 Å². The standard InChI is InChI=1S/C17H25Cl2N5/c1-4-23(5-2)6-7-24-11-14(10-21-24)22-12(3)13-8-15(18)17(20)16(19)9-13/h8-12,22H,4-7,20H2,1-3H3/t12-/m0/s1. The molecule has 0 spiro atoms. The molecule has 0 aliphatic carbocycles. The Morgan fingerprint density at radius 1 is 1.25 bits per heavy atom. The maximum Gasteiger partial charge on any atom is 0.0731 e. The lowest BCUT2D eigenvalue weighted by Gasteiger charge is -2.17. The van der Waals surface area contributed by atoms with Gasteiger partial charge in [0.05, 0.1) is 34.2 Å². The van der Waals surface area contributed by atoms with E-state index < -0.39 is 0 Å². The number of benzene rings is 1. The molecule has 24 heavy (non-hydrogen) atoms. The minimum absolute atomic E-state index is 0.0426. The van der Waals surface area contributed by atoms with Crippen LogP contribution in [0, 0.1) is 0 Å². The molecule has 7 heteroatoms. The van der Waals surface area contributed by atoms with E-state index in [0.717, 1.165) is 37.4 Å². The van der Waals surface area contributed by atoms with E-state index in [2.05, 4.69) is 29.2 Å². The molecule has 0 fully saturated rings. The lowest BCUT2D eigenvalue weighted by Crippen LogP contribution is -2.27. The summed E-state index contributed by atoms with van der Waals surface area (Å²) in [7, 11) is 0. The summed E-state index contributed by atoms with van der Waals surface area (Å²) in [5, 5.41) is 8.77. The number of nitrogens with zero attached hydrogens (tertiary/aromatic N) is 3. The highest BCUT2D eigenvalue weighted by atomic mass is 35.5. The lowest BCUT2D eigenvalue weighted by atomic mass is 10.1. The zero-order valence-electron chi connectivity index (χ0n) is 14.4. The summed E-state index contributed by atoms with van der Waals surface area (Å²) < 4.78 is 1.95. The Bertz CT molecular complexity index is 644. The molecule has 1 aromatic heterocycles. The van der Waals surface area contributed by atoms with Gasteiger partial charge in [-0.15, -0.1) is 0 Å². The Morgan fingerprint density at radius 3 is 2.46 bits per heavy atom. The van der Waals surface area contributed by atoms with E-state index in [4.69, 9.17) is 28.9 Å². The van der Waals surface area contributed by atoms with Crippen LogP contribution in [0.4, 0.5) is 11.4 Å². The summed E-state index contributed by atoms with van der Waals surface area (Å²) in [5.41, 5.74) is 8.15. The van der Waals surface area contributed by atoms with Crippen LogP contribution in [0.5, 0.6) is 0 Å². The number of rotatable bonds is 8. The predicted octanol–water partition coefficient (Wildman–Crippen LogP) is 4.29. The molecule has 5 nitrogen and oxygen atoms in total. The molecular formula is C17H25Cl2N5. The van der Waals surface area contributed by atoms with E-state index in [-0.39, 0.29) is 6.04 Å². The molecule has 0 bridgehead atoms. The normalized spacial score (nSPS) is 12.6. The first kappa shape index (κ1) is 18.9. The molecule has 0 radical (unpaired) electrons. The number of nitrogens with one attached hydrogen (secondary N) is 1. The number of hydrogen-bond acceptors (Lipinski definition) is 4. The summed E-state index contributed by atoms with van der Waals surface area (Å²) in [4.78, 5) is 2.37. The number of halogens is 2. The van der Waals surface area contributed by atoms with Crippen molar-refractivity contribution in [2.45, 2.75) is 33.4 Å². The molecule has 0 saturated heterocycles. The number of anilines is 2. The highest BCUT2D eigenvalue weighted by Gasteiger charge is 2.11. The van der Waals surface area contributed by atoms with Gasteiger partial charge in [-0.2, -0.15) is 5.10 Å². The number of nitrogen functional groups attached to an aromatic ring is 1. The first-order valence-electron chi connectivity index (χ1n) is 8.20. The van der Waals surface area contributed by atoms with Crippen LogP contribution in [0.1, 0.15) is 32.4 Å². The quantitative estimate of drug-likeness (QED) is 0.681. The predicted molar refractivity (Wildman–Crippen MR) is 103 cm³/mol. The van der Waals surface area contributed by atoms with Crippen LogP contribution in [-0.4, -0.2) is 34.3 Å². The van der Waals surface area contributed by atoms with E-state index in [1.54, 1.807) is 0 Å². The molecule has 132 valence electrons. The highest BCUT2D eigenvalue weighted by molar-refractivity contribution is 6.38. The van der Waals surface area contributed by atoms with Crippen LogP contribution in [0.25, 0.3) is 0 Å². The molecule has 0 saturated carbocycles. The second kappa shape index (κ2) is 8.60. The average Bonchev–Trinajstić information content (AvgIpc) is 3.00. The number of aromatic nitrogens is 2. The SMILES string of the molecule is CCN(CC)CCn1cc(N[C@@H](C)c2cc(Cl)c(N)c(Cl)c2)cn1. The largest absolute Gasteiger partial charge is 0.396 e. The lowest BCUT2D eigenvalue weighted by molar-refractivity contribution is 0.285.